The molecule has 0 radical (unpaired) electrons. The molecular formula is C12H17F3N2O5. The third-order valence-corrected chi connectivity index (χ3v) is 3.14. The minimum Gasteiger partial charge on any atom is -0.480 e. The molecule has 1 N–H and O–H groups in total. The number of amides is 2. The van der Waals surface area contributed by atoms with Gasteiger partial charge in [-0.2, -0.15) is 13.2 Å². The van der Waals surface area contributed by atoms with E-state index in [2.05, 4.69) is 0 Å². The zero-order chi connectivity index (χ0) is 16.9. The number of hydrogen-bond donors (Lipinski definition) is 1. The topological polar surface area (TPSA) is 87.1 Å². The fourth-order valence-corrected chi connectivity index (χ4v) is 2.20. The summed E-state index contributed by atoms with van der Waals surface area (Å²) in [6, 6.07) is 0. The van der Waals surface area contributed by atoms with Crippen LogP contribution in [0.15, 0.2) is 0 Å². The first kappa shape index (κ1) is 18.2. The Hall–Kier alpha value is -1.84. The molecule has 22 heavy (non-hydrogen) atoms. The number of alkyl halides is 3. The lowest BCUT2D eigenvalue weighted by atomic mass is 10.1. The minimum atomic E-state index is -4.54. The summed E-state index contributed by atoms with van der Waals surface area (Å²) in [6.07, 6.45) is -4.89. The number of ether oxygens (including phenoxy) is 1. The largest absolute Gasteiger partial charge is 0.480 e. The molecule has 0 aromatic heterocycles. The van der Waals surface area contributed by atoms with E-state index in [4.69, 9.17) is 9.84 Å². The molecule has 1 saturated heterocycles. The Balaban J connectivity index is 2.70. The van der Waals surface area contributed by atoms with Crippen molar-refractivity contribution in [1.82, 2.24) is 9.80 Å². The van der Waals surface area contributed by atoms with Crippen LogP contribution in [0.3, 0.4) is 0 Å². The average Bonchev–Trinajstić information content (AvgIpc) is 2.72. The van der Waals surface area contributed by atoms with Gasteiger partial charge in [-0.15, -0.1) is 0 Å². The molecule has 7 nitrogen and oxygen atoms in total. The van der Waals surface area contributed by atoms with Crippen LogP contribution in [-0.2, 0) is 19.1 Å². The second-order valence-electron chi connectivity index (χ2n) is 4.94. The normalized spacial score (nSPS) is 18.6. The number of aliphatic carboxylic acids is 1. The minimum absolute atomic E-state index is 0.00834. The molecule has 2 amide bonds. The van der Waals surface area contributed by atoms with Gasteiger partial charge in [-0.1, -0.05) is 0 Å². The van der Waals surface area contributed by atoms with Gasteiger partial charge in [-0.05, 0) is 0 Å². The zero-order valence-electron chi connectivity index (χ0n) is 11.9. The van der Waals surface area contributed by atoms with Crippen LogP contribution in [0.5, 0.6) is 0 Å². The van der Waals surface area contributed by atoms with Crippen molar-refractivity contribution < 1.29 is 37.4 Å². The average molecular weight is 326 g/mol. The Bertz CT molecular complexity index is 441. The van der Waals surface area contributed by atoms with Crippen LogP contribution in [0.2, 0.25) is 0 Å². The quantitative estimate of drug-likeness (QED) is 0.709. The summed E-state index contributed by atoms with van der Waals surface area (Å²) >= 11 is 0. The van der Waals surface area contributed by atoms with Gasteiger partial charge in [0.25, 0.3) is 0 Å². The van der Waals surface area contributed by atoms with E-state index in [9.17, 15) is 27.6 Å². The maximum Gasteiger partial charge on any atom is 0.406 e. The molecule has 1 rings (SSSR count). The molecule has 0 bridgehead atoms. The molecule has 10 heteroatoms. The highest BCUT2D eigenvalue weighted by molar-refractivity contribution is 5.90. The molecule has 126 valence electrons. The maximum atomic E-state index is 12.3. The summed E-state index contributed by atoms with van der Waals surface area (Å²) in [5, 5.41) is 8.77. The molecule has 1 aliphatic rings. The molecule has 0 spiro atoms. The van der Waals surface area contributed by atoms with E-state index in [1.807, 2.05) is 0 Å². The number of likely N-dealkylation sites (tertiary alicyclic amines) is 1. The third kappa shape index (κ3) is 5.51. The predicted octanol–water partition coefficient (Wildman–Crippen LogP) is -0.0432. The zero-order valence-corrected chi connectivity index (χ0v) is 11.9. The third-order valence-electron chi connectivity index (χ3n) is 3.14. The monoisotopic (exact) mass is 326 g/mol. The van der Waals surface area contributed by atoms with Gasteiger partial charge in [0.1, 0.15) is 13.1 Å². The van der Waals surface area contributed by atoms with Crippen molar-refractivity contribution in [2.75, 3.05) is 39.9 Å². The highest BCUT2D eigenvalue weighted by Gasteiger charge is 2.41. The lowest BCUT2D eigenvalue weighted by Gasteiger charge is -2.24. The van der Waals surface area contributed by atoms with Crippen molar-refractivity contribution in [3.63, 3.8) is 0 Å². The van der Waals surface area contributed by atoms with E-state index in [1.54, 1.807) is 0 Å². The number of hydrogen-bond acceptors (Lipinski definition) is 4. The Morgan fingerprint density at radius 2 is 2.09 bits per heavy atom. The number of nitrogens with zero attached hydrogens (tertiary/aromatic N) is 2. The SMILES string of the molecule is COCCN(CC(=O)O)C(=O)C1CC(=O)N(CC(F)(F)F)C1. The van der Waals surface area contributed by atoms with E-state index in [-0.39, 0.29) is 26.1 Å². The van der Waals surface area contributed by atoms with E-state index in [0.29, 0.717) is 4.90 Å². The highest BCUT2D eigenvalue weighted by atomic mass is 19.4. The van der Waals surface area contributed by atoms with Crippen molar-refractivity contribution in [1.29, 1.82) is 0 Å². The van der Waals surface area contributed by atoms with Crippen molar-refractivity contribution >= 4 is 17.8 Å². The van der Waals surface area contributed by atoms with Crippen molar-refractivity contribution in [3.05, 3.63) is 0 Å². The second kappa shape index (κ2) is 7.43. The maximum absolute atomic E-state index is 12.3. The van der Waals surface area contributed by atoms with E-state index >= 15 is 0 Å². The highest BCUT2D eigenvalue weighted by Crippen LogP contribution is 2.25. The Kier molecular flexibility index (Phi) is 6.15. The molecule has 1 fully saturated rings. The van der Waals surface area contributed by atoms with Gasteiger partial charge in [-0.3, -0.25) is 14.4 Å². The number of rotatable bonds is 7. The van der Waals surface area contributed by atoms with Gasteiger partial charge in [0.2, 0.25) is 11.8 Å². The summed E-state index contributed by atoms with van der Waals surface area (Å²) in [6.45, 7) is -2.28. The standard InChI is InChI=1S/C12H17F3N2O5/c1-22-3-2-16(6-10(19)20)11(21)8-4-9(18)17(5-8)7-12(13,14)15/h8H,2-7H2,1H3,(H,19,20). The van der Waals surface area contributed by atoms with Gasteiger partial charge >= 0.3 is 12.1 Å². The molecule has 0 aromatic rings. The van der Waals surface area contributed by atoms with Gasteiger partial charge in [0.05, 0.1) is 12.5 Å². The van der Waals surface area contributed by atoms with Crippen molar-refractivity contribution in [2.45, 2.75) is 12.6 Å². The van der Waals surface area contributed by atoms with E-state index in [1.165, 1.54) is 7.11 Å². The first-order valence-electron chi connectivity index (χ1n) is 6.48. The number of halogens is 3. The van der Waals surface area contributed by atoms with Gasteiger partial charge in [0.15, 0.2) is 0 Å². The van der Waals surface area contributed by atoms with Crippen LogP contribution in [0.25, 0.3) is 0 Å². The molecule has 0 saturated carbocycles. The second-order valence-corrected chi connectivity index (χ2v) is 4.94. The van der Waals surface area contributed by atoms with Crippen LogP contribution in [-0.4, -0.2) is 78.8 Å². The van der Waals surface area contributed by atoms with Gasteiger partial charge in [-0.25, -0.2) is 0 Å². The number of carbonyl (C=O) groups is 3. The summed E-state index contributed by atoms with van der Waals surface area (Å²) in [7, 11) is 1.37. The van der Waals surface area contributed by atoms with Gasteiger partial charge in [0, 0.05) is 26.6 Å². The number of carboxylic acids is 1. The number of methoxy groups -OCH3 is 1. The van der Waals surface area contributed by atoms with Crippen LogP contribution in [0.1, 0.15) is 6.42 Å². The fourth-order valence-electron chi connectivity index (χ4n) is 2.20. The van der Waals surface area contributed by atoms with Gasteiger partial charge < -0.3 is 19.6 Å². The lowest BCUT2D eigenvalue weighted by molar-refractivity contribution is -0.157. The summed E-state index contributed by atoms with van der Waals surface area (Å²) in [5.74, 6) is -3.64. The smallest absolute Gasteiger partial charge is 0.406 e. The van der Waals surface area contributed by atoms with Crippen molar-refractivity contribution in [2.24, 2.45) is 5.92 Å². The van der Waals surface area contributed by atoms with E-state index < -0.39 is 43.0 Å². The molecule has 1 heterocycles. The molecule has 1 atom stereocenters. The molecule has 0 aromatic carbocycles. The fraction of sp³-hybridized carbons (Fsp3) is 0.750. The first-order valence-corrected chi connectivity index (χ1v) is 6.48. The number of carboxylic acid groups (broad SMARTS) is 1. The Morgan fingerprint density at radius 3 is 2.59 bits per heavy atom. The van der Waals surface area contributed by atoms with Crippen LogP contribution >= 0.6 is 0 Å². The predicted molar refractivity (Wildman–Crippen MR) is 66.8 cm³/mol. The summed E-state index contributed by atoms with van der Waals surface area (Å²) in [4.78, 5) is 36.0. The molecule has 1 unspecified atom stereocenters. The first-order chi connectivity index (χ1) is 10.1. The van der Waals surface area contributed by atoms with Crippen LogP contribution < -0.4 is 0 Å². The lowest BCUT2D eigenvalue weighted by Crippen LogP contribution is -2.42. The van der Waals surface area contributed by atoms with Crippen LogP contribution in [0.4, 0.5) is 13.2 Å². The van der Waals surface area contributed by atoms with Crippen molar-refractivity contribution in [3.8, 4) is 0 Å². The molecule has 0 aliphatic carbocycles. The number of carbonyl (C=O) groups excluding carboxylic acids is 2. The van der Waals surface area contributed by atoms with E-state index in [0.717, 1.165) is 4.90 Å². The summed E-state index contributed by atoms with van der Waals surface area (Å²) < 4.78 is 41.7. The molecular weight excluding hydrogens is 309 g/mol. The Labute approximate surface area is 124 Å². The van der Waals surface area contributed by atoms with Crippen LogP contribution in [0, 0.1) is 5.92 Å². The summed E-state index contributed by atoms with van der Waals surface area (Å²) in [5.41, 5.74) is 0. The molecule has 1 aliphatic heterocycles. The Morgan fingerprint density at radius 1 is 1.45 bits per heavy atom.